The number of aromatic nitrogens is 6. The number of halogens is 6. The third kappa shape index (κ3) is 4.89. The average Bonchev–Trinajstić information content (AvgIpc) is 3.17. The van der Waals surface area contributed by atoms with Gasteiger partial charge in [-0.3, -0.25) is 0 Å². The molecule has 0 radical (unpaired) electrons. The fourth-order valence-electron chi connectivity index (χ4n) is 2.14. The van der Waals surface area contributed by atoms with Crippen LogP contribution in [0.4, 0.5) is 0 Å². The molecule has 9 nitrogen and oxygen atoms in total. The van der Waals surface area contributed by atoms with Crippen molar-refractivity contribution in [1.82, 2.24) is 33.2 Å². The topological polar surface area (TPSA) is 110 Å². The summed E-state index contributed by atoms with van der Waals surface area (Å²) in [6.45, 7) is 0. The number of hydrogen-bond acceptors (Lipinski definition) is 6. The van der Waals surface area contributed by atoms with E-state index in [1.165, 1.54) is 20.3 Å². The summed E-state index contributed by atoms with van der Waals surface area (Å²) in [6.07, 6.45) is 3.30. The molecule has 0 bridgehead atoms. The Bertz CT molecular complexity index is 1380. The first kappa shape index (κ1) is 24.8. The molecule has 0 aliphatic carbocycles. The molecule has 0 unspecified atom stereocenters. The van der Waals surface area contributed by atoms with E-state index in [4.69, 9.17) is 23.2 Å². The first-order valence-electron chi connectivity index (χ1n) is 7.61. The second kappa shape index (κ2) is 9.56. The van der Waals surface area contributed by atoms with E-state index in [1.54, 1.807) is 0 Å². The fourth-order valence-corrected chi connectivity index (χ4v) is 5.22. The molecule has 0 aliphatic heterocycles. The molecule has 0 saturated heterocycles. The fraction of sp³-hybridized carbons (Fsp3) is 0.143. The van der Waals surface area contributed by atoms with Gasteiger partial charge in [-0.15, -0.1) is 0 Å². The lowest BCUT2D eigenvalue weighted by Crippen LogP contribution is -2.28. The predicted octanol–water partition coefficient (Wildman–Crippen LogP) is 5.08. The molecule has 4 rings (SSSR count). The van der Waals surface area contributed by atoms with Crippen molar-refractivity contribution in [3.63, 3.8) is 0 Å². The molecule has 0 fully saturated rings. The maximum atomic E-state index is 12.1. The number of H-pyrrole nitrogens is 1. The number of hydrogen-bond donors (Lipinski definition) is 1. The molecule has 1 N–H and O–H groups in total. The van der Waals surface area contributed by atoms with Crippen LogP contribution in [0.2, 0.25) is 10.3 Å². The van der Waals surface area contributed by atoms with Gasteiger partial charge in [-0.25, -0.2) is 23.9 Å². The molecule has 4 aromatic heterocycles. The highest BCUT2D eigenvalue weighted by atomic mass is 127. The zero-order chi connectivity index (χ0) is 22.4. The summed E-state index contributed by atoms with van der Waals surface area (Å²) >= 11 is 22.2. The van der Waals surface area contributed by atoms with Crippen LogP contribution in [0.1, 0.15) is 0 Å². The minimum Gasteiger partial charge on any atom is -0.344 e. The number of fused-ring (bicyclic) bond motifs is 2. The van der Waals surface area contributed by atoms with Crippen LogP contribution in [0.25, 0.3) is 22.3 Å². The van der Waals surface area contributed by atoms with E-state index in [0.29, 0.717) is 29.1 Å². The largest absolute Gasteiger partial charge is 0.344 e. The third-order valence-corrected chi connectivity index (χ3v) is 8.95. The lowest BCUT2D eigenvalue weighted by molar-refractivity contribution is 0.512. The molecule has 0 amide bonds. The van der Waals surface area contributed by atoms with E-state index >= 15 is 0 Å². The quantitative estimate of drug-likeness (QED) is 0.283. The highest BCUT2D eigenvalue weighted by Gasteiger charge is 2.23. The van der Waals surface area contributed by atoms with E-state index in [9.17, 15) is 8.42 Å². The van der Waals surface area contributed by atoms with Crippen molar-refractivity contribution < 1.29 is 8.42 Å². The van der Waals surface area contributed by atoms with E-state index in [-0.39, 0.29) is 10.8 Å². The molecule has 0 aromatic carbocycles. The molecule has 30 heavy (non-hydrogen) atoms. The van der Waals surface area contributed by atoms with Crippen molar-refractivity contribution >= 4 is 133 Å². The molecular formula is C14H9Br2Cl2I2N7O2S. The van der Waals surface area contributed by atoms with Crippen molar-refractivity contribution in [3.8, 4) is 0 Å². The highest BCUT2D eigenvalue weighted by Crippen LogP contribution is 2.27. The van der Waals surface area contributed by atoms with E-state index < -0.39 is 10.2 Å². The van der Waals surface area contributed by atoms with E-state index in [0.717, 1.165) is 17.4 Å². The summed E-state index contributed by atoms with van der Waals surface area (Å²) < 4.78 is 29.1. The van der Waals surface area contributed by atoms with Gasteiger partial charge in [0.15, 0.2) is 21.6 Å². The van der Waals surface area contributed by atoms with Crippen molar-refractivity contribution in [1.29, 1.82) is 0 Å². The normalized spacial score (nSPS) is 11.9. The summed E-state index contributed by atoms with van der Waals surface area (Å²) in [7, 11) is -0.751. The smallest absolute Gasteiger partial charge is 0.308 e. The molecule has 0 atom stereocenters. The molecule has 4 aromatic rings. The Morgan fingerprint density at radius 2 is 1.57 bits per heavy atom. The average molecular weight is 824 g/mol. The number of nitrogens with zero attached hydrogens (tertiary/aromatic N) is 6. The van der Waals surface area contributed by atoms with Crippen LogP contribution in [-0.4, -0.2) is 55.7 Å². The van der Waals surface area contributed by atoms with Gasteiger partial charge in [0.25, 0.3) is 0 Å². The Kier molecular flexibility index (Phi) is 7.90. The lowest BCUT2D eigenvalue weighted by Gasteiger charge is -2.12. The van der Waals surface area contributed by atoms with Gasteiger partial charge >= 0.3 is 10.2 Å². The third-order valence-electron chi connectivity index (χ3n) is 3.55. The van der Waals surface area contributed by atoms with Crippen molar-refractivity contribution in [2.75, 3.05) is 14.1 Å². The molecule has 0 spiro atoms. The van der Waals surface area contributed by atoms with Crippen LogP contribution in [-0.2, 0) is 10.2 Å². The second-order valence-corrected chi connectivity index (χ2v) is 12.2. The summed E-state index contributed by atoms with van der Waals surface area (Å²) in [5.74, 6) is 0. The number of nitrogens with one attached hydrogen (secondary N) is 1. The molecular weight excluding hydrogens is 815 g/mol. The first-order valence-corrected chi connectivity index (χ1v) is 13.5. The molecule has 160 valence electrons. The van der Waals surface area contributed by atoms with Gasteiger partial charge in [0.1, 0.15) is 20.2 Å². The molecule has 0 saturated carbocycles. The maximum Gasteiger partial charge on any atom is 0.308 e. The molecule has 4 heterocycles. The summed E-state index contributed by atoms with van der Waals surface area (Å²) in [6, 6.07) is 0. The zero-order valence-electron chi connectivity index (χ0n) is 14.8. The van der Waals surface area contributed by atoms with Gasteiger partial charge in [0.05, 0.1) is 7.14 Å². The van der Waals surface area contributed by atoms with Gasteiger partial charge in [-0.1, -0.05) is 23.2 Å². The lowest BCUT2D eigenvalue weighted by atomic mass is 10.5. The highest BCUT2D eigenvalue weighted by molar-refractivity contribution is 14.1. The van der Waals surface area contributed by atoms with Crippen molar-refractivity contribution in [3.05, 3.63) is 39.0 Å². The SMILES string of the molecule is CN(C)S(=O)(=O)n1cc(I)c2nc(Br)c(Cl)nc21.Clc1nc2[nH]cc(I)c2nc1Br. The minimum absolute atomic E-state index is 0.118. The summed E-state index contributed by atoms with van der Waals surface area (Å²) in [4.78, 5) is 19.5. The molecule has 16 heteroatoms. The second-order valence-electron chi connectivity index (χ2n) is 5.68. The Hall–Kier alpha value is 0.150. The van der Waals surface area contributed by atoms with Crippen molar-refractivity contribution in [2.24, 2.45) is 0 Å². The zero-order valence-corrected chi connectivity index (χ0v) is 24.6. The Morgan fingerprint density at radius 1 is 1.00 bits per heavy atom. The standard InChI is InChI=1S/C8H7BrClIN4O2S.C6H2BrClIN3/c1-14(2)18(16,17)15-3-4(11)5-8(15)13-7(10)6(9)12-5;7-4-5(8)12-6-3(11-4)2(9)1-10-6/h3H,1-2H3;1H,(H,10,12). The Labute approximate surface area is 225 Å². The van der Waals surface area contributed by atoms with Gasteiger partial charge in [-0.05, 0) is 77.0 Å². The van der Waals surface area contributed by atoms with E-state index in [1.807, 2.05) is 28.8 Å². The van der Waals surface area contributed by atoms with Crippen LogP contribution in [0.3, 0.4) is 0 Å². The number of rotatable bonds is 2. The monoisotopic (exact) mass is 821 g/mol. The summed E-state index contributed by atoms with van der Waals surface area (Å²) in [5, 5.41) is 0.493. The first-order chi connectivity index (χ1) is 13.9. The van der Waals surface area contributed by atoms with Crippen LogP contribution in [0, 0.1) is 7.14 Å². The van der Waals surface area contributed by atoms with Gasteiger partial charge in [-0.2, -0.15) is 12.7 Å². The van der Waals surface area contributed by atoms with Crippen LogP contribution >= 0.6 is 100 Å². The van der Waals surface area contributed by atoms with Crippen LogP contribution < -0.4 is 0 Å². The minimum atomic E-state index is -3.64. The maximum absolute atomic E-state index is 12.1. The van der Waals surface area contributed by atoms with Gasteiger partial charge < -0.3 is 4.98 Å². The van der Waals surface area contributed by atoms with Gasteiger partial charge in [0.2, 0.25) is 0 Å². The van der Waals surface area contributed by atoms with Crippen LogP contribution in [0.5, 0.6) is 0 Å². The Morgan fingerprint density at radius 3 is 2.17 bits per heavy atom. The summed E-state index contributed by atoms with van der Waals surface area (Å²) in [5.41, 5.74) is 2.25. The predicted molar refractivity (Wildman–Crippen MR) is 140 cm³/mol. The van der Waals surface area contributed by atoms with Crippen LogP contribution in [0.15, 0.2) is 21.6 Å². The van der Waals surface area contributed by atoms with Gasteiger partial charge in [0, 0.05) is 26.5 Å². The number of aromatic amines is 1. The Balaban J connectivity index is 0.000000184. The van der Waals surface area contributed by atoms with Crippen molar-refractivity contribution in [2.45, 2.75) is 0 Å². The van der Waals surface area contributed by atoms with E-state index in [2.05, 4.69) is 79.4 Å². The molecule has 0 aliphatic rings.